The molecular formula is C28H32ClN3O3. The molecule has 35 heavy (non-hydrogen) atoms. The van der Waals surface area contributed by atoms with Crippen LogP contribution in [0.1, 0.15) is 78.9 Å². The zero-order valence-electron chi connectivity index (χ0n) is 20.5. The Kier molecular flexibility index (Phi) is 7.60. The summed E-state index contributed by atoms with van der Waals surface area (Å²) in [6.45, 7) is 6.51. The minimum absolute atomic E-state index is 0.0456. The highest BCUT2D eigenvalue weighted by molar-refractivity contribution is 6.47. The standard InChI is InChI=1S/C28H32ClN3O3/c1-17(2)22-11-7-8-18(3)24(22)31-26(33)20-14-12-19(13-15-20)16-30-25-23(29)27(34)32(28(25)35)21-9-5-4-6-10-21/h7-8,11-15,17,21,30H,4-6,9-10,16H2,1-3H3,(H,31,33). The van der Waals surface area contributed by atoms with Crippen molar-refractivity contribution in [3.63, 3.8) is 0 Å². The average molecular weight is 494 g/mol. The Labute approximate surface area is 211 Å². The molecule has 1 saturated carbocycles. The van der Waals surface area contributed by atoms with Crippen LogP contribution >= 0.6 is 11.6 Å². The molecule has 0 atom stereocenters. The van der Waals surface area contributed by atoms with Crippen molar-refractivity contribution in [2.45, 2.75) is 71.4 Å². The highest BCUT2D eigenvalue weighted by Crippen LogP contribution is 2.31. The van der Waals surface area contributed by atoms with Gasteiger partial charge < -0.3 is 10.6 Å². The second-order valence-electron chi connectivity index (χ2n) is 9.66. The second kappa shape index (κ2) is 10.6. The van der Waals surface area contributed by atoms with E-state index in [2.05, 4.69) is 24.5 Å². The molecule has 1 heterocycles. The van der Waals surface area contributed by atoms with E-state index in [1.807, 2.05) is 37.3 Å². The Balaban J connectivity index is 1.40. The lowest BCUT2D eigenvalue weighted by Gasteiger charge is -2.29. The number of imide groups is 1. The minimum atomic E-state index is -0.407. The van der Waals surface area contributed by atoms with Crippen LogP contribution in [0.25, 0.3) is 0 Å². The van der Waals surface area contributed by atoms with Crippen LogP contribution in [0.4, 0.5) is 5.69 Å². The van der Waals surface area contributed by atoms with Gasteiger partial charge in [0, 0.05) is 23.8 Å². The van der Waals surface area contributed by atoms with Gasteiger partial charge in [0.1, 0.15) is 10.7 Å². The molecule has 2 aromatic carbocycles. The van der Waals surface area contributed by atoms with Crippen LogP contribution in [0, 0.1) is 6.92 Å². The summed E-state index contributed by atoms with van der Waals surface area (Å²) in [5.74, 6) is -0.637. The van der Waals surface area contributed by atoms with E-state index in [0.29, 0.717) is 18.0 Å². The molecule has 0 saturated heterocycles. The van der Waals surface area contributed by atoms with E-state index in [1.54, 1.807) is 12.1 Å². The summed E-state index contributed by atoms with van der Waals surface area (Å²) in [6, 6.07) is 13.1. The van der Waals surface area contributed by atoms with Crippen LogP contribution in [0.5, 0.6) is 0 Å². The van der Waals surface area contributed by atoms with Crippen molar-refractivity contribution in [1.29, 1.82) is 0 Å². The van der Waals surface area contributed by atoms with Crippen LogP contribution < -0.4 is 10.6 Å². The van der Waals surface area contributed by atoms with Crippen LogP contribution in [-0.2, 0) is 16.1 Å². The van der Waals surface area contributed by atoms with Crippen molar-refractivity contribution < 1.29 is 14.4 Å². The maximum absolute atomic E-state index is 12.9. The van der Waals surface area contributed by atoms with Gasteiger partial charge in [0.25, 0.3) is 17.7 Å². The smallest absolute Gasteiger partial charge is 0.278 e. The number of carbonyl (C=O) groups excluding carboxylic acids is 3. The monoisotopic (exact) mass is 493 g/mol. The van der Waals surface area contributed by atoms with Crippen molar-refractivity contribution in [1.82, 2.24) is 10.2 Å². The predicted molar refractivity (Wildman–Crippen MR) is 138 cm³/mol. The fraction of sp³-hybridized carbons (Fsp3) is 0.393. The van der Waals surface area contributed by atoms with E-state index in [0.717, 1.165) is 54.5 Å². The number of rotatable bonds is 7. The number of amides is 3. The molecular weight excluding hydrogens is 462 g/mol. The number of halogens is 1. The van der Waals surface area contributed by atoms with Gasteiger partial charge in [0.05, 0.1) is 0 Å². The number of nitrogens with zero attached hydrogens (tertiary/aromatic N) is 1. The Morgan fingerprint density at radius 1 is 1.03 bits per heavy atom. The van der Waals surface area contributed by atoms with Crippen molar-refractivity contribution in [3.05, 3.63) is 75.4 Å². The third-order valence-corrected chi connectivity index (χ3v) is 7.20. The number of benzene rings is 2. The Bertz CT molecular complexity index is 1160. The summed E-state index contributed by atoms with van der Waals surface area (Å²) in [5, 5.41) is 6.06. The summed E-state index contributed by atoms with van der Waals surface area (Å²) in [6.07, 6.45) is 4.84. The zero-order valence-corrected chi connectivity index (χ0v) is 21.2. The first-order valence-corrected chi connectivity index (χ1v) is 12.7. The van der Waals surface area contributed by atoms with Gasteiger partial charge in [-0.1, -0.05) is 75.0 Å². The second-order valence-corrected chi connectivity index (χ2v) is 10.0. The highest BCUT2D eigenvalue weighted by atomic mass is 35.5. The van der Waals surface area contributed by atoms with Crippen LogP contribution in [0.2, 0.25) is 0 Å². The molecule has 6 nitrogen and oxygen atoms in total. The number of hydrogen-bond acceptors (Lipinski definition) is 4. The molecule has 184 valence electrons. The van der Waals surface area contributed by atoms with E-state index in [4.69, 9.17) is 11.6 Å². The van der Waals surface area contributed by atoms with Crippen molar-refractivity contribution in [2.24, 2.45) is 0 Å². The molecule has 0 aromatic heterocycles. The Morgan fingerprint density at radius 2 is 1.71 bits per heavy atom. The molecule has 0 unspecified atom stereocenters. The van der Waals surface area contributed by atoms with Gasteiger partial charge in [-0.25, -0.2) is 0 Å². The Morgan fingerprint density at radius 3 is 2.37 bits per heavy atom. The lowest BCUT2D eigenvalue weighted by atomic mass is 9.94. The molecule has 1 aliphatic heterocycles. The molecule has 3 amide bonds. The van der Waals surface area contributed by atoms with Gasteiger partial charge in [0.2, 0.25) is 0 Å². The molecule has 0 spiro atoms. The number of nitrogens with one attached hydrogen (secondary N) is 2. The average Bonchev–Trinajstić information content (AvgIpc) is 3.07. The van der Waals surface area contributed by atoms with Crippen molar-refractivity contribution >= 4 is 35.0 Å². The fourth-order valence-electron chi connectivity index (χ4n) is 4.84. The number of carbonyl (C=O) groups is 3. The molecule has 2 aliphatic rings. The highest BCUT2D eigenvalue weighted by Gasteiger charge is 2.41. The fourth-order valence-corrected chi connectivity index (χ4v) is 5.07. The first kappa shape index (κ1) is 25.0. The summed E-state index contributed by atoms with van der Waals surface area (Å²) in [7, 11) is 0. The van der Waals surface area contributed by atoms with Gasteiger partial charge in [-0.3, -0.25) is 19.3 Å². The van der Waals surface area contributed by atoms with E-state index in [1.165, 1.54) is 4.90 Å². The third-order valence-electron chi connectivity index (χ3n) is 6.85. The van der Waals surface area contributed by atoms with E-state index >= 15 is 0 Å². The number of hydrogen-bond donors (Lipinski definition) is 2. The first-order valence-electron chi connectivity index (χ1n) is 12.3. The molecule has 2 N–H and O–H groups in total. The molecule has 7 heteroatoms. The topological polar surface area (TPSA) is 78.5 Å². The molecule has 4 rings (SSSR count). The van der Waals surface area contributed by atoms with Gasteiger partial charge in [-0.05, 0) is 54.5 Å². The van der Waals surface area contributed by atoms with Gasteiger partial charge in [-0.15, -0.1) is 0 Å². The summed E-state index contributed by atoms with van der Waals surface area (Å²) in [4.78, 5) is 39.8. The third kappa shape index (κ3) is 5.27. The maximum Gasteiger partial charge on any atom is 0.278 e. The largest absolute Gasteiger partial charge is 0.375 e. The van der Waals surface area contributed by atoms with E-state index < -0.39 is 5.91 Å². The molecule has 1 fully saturated rings. The lowest BCUT2D eigenvalue weighted by molar-refractivity contribution is -0.140. The van der Waals surface area contributed by atoms with Gasteiger partial charge in [0.15, 0.2) is 0 Å². The lowest BCUT2D eigenvalue weighted by Crippen LogP contribution is -2.43. The first-order chi connectivity index (χ1) is 16.8. The SMILES string of the molecule is Cc1cccc(C(C)C)c1NC(=O)c1ccc(CNC2=C(Cl)C(=O)N(C3CCCCC3)C2=O)cc1. The van der Waals surface area contributed by atoms with Crippen LogP contribution in [-0.4, -0.2) is 28.7 Å². The van der Waals surface area contributed by atoms with Crippen molar-refractivity contribution in [3.8, 4) is 0 Å². The van der Waals surface area contributed by atoms with E-state index in [9.17, 15) is 14.4 Å². The predicted octanol–water partition coefficient (Wildman–Crippen LogP) is 5.61. The van der Waals surface area contributed by atoms with Gasteiger partial charge >= 0.3 is 0 Å². The maximum atomic E-state index is 12.9. The van der Waals surface area contributed by atoms with Crippen LogP contribution in [0.3, 0.4) is 0 Å². The van der Waals surface area contributed by atoms with Gasteiger partial charge in [-0.2, -0.15) is 0 Å². The summed E-state index contributed by atoms with van der Waals surface area (Å²) in [5.41, 5.74) is 4.54. The number of aryl methyl sites for hydroxylation is 1. The van der Waals surface area contributed by atoms with Crippen LogP contribution in [0.15, 0.2) is 53.2 Å². The number of para-hydroxylation sites is 1. The minimum Gasteiger partial charge on any atom is -0.375 e. The zero-order chi connectivity index (χ0) is 25.1. The molecule has 1 aliphatic carbocycles. The quantitative estimate of drug-likeness (QED) is 0.491. The normalized spacial score (nSPS) is 16.9. The summed E-state index contributed by atoms with van der Waals surface area (Å²) >= 11 is 6.25. The Hall–Kier alpha value is -3.12. The molecule has 2 aromatic rings. The van der Waals surface area contributed by atoms with Crippen molar-refractivity contribution in [2.75, 3.05) is 5.32 Å². The summed E-state index contributed by atoms with van der Waals surface area (Å²) < 4.78 is 0. The van der Waals surface area contributed by atoms with E-state index in [-0.39, 0.29) is 28.6 Å². The number of anilines is 1. The molecule has 0 radical (unpaired) electrons. The molecule has 0 bridgehead atoms.